The number of rotatable bonds is 4. The maximum absolute atomic E-state index is 12.3. The van der Waals surface area contributed by atoms with Gasteiger partial charge in [0.2, 0.25) is 0 Å². The van der Waals surface area contributed by atoms with Crippen LogP contribution in [-0.4, -0.2) is 23.1 Å². The third-order valence-corrected chi connectivity index (χ3v) is 4.89. The van der Waals surface area contributed by atoms with Gasteiger partial charge in [-0.05, 0) is 53.2 Å². The van der Waals surface area contributed by atoms with Crippen molar-refractivity contribution in [3.8, 4) is 12.3 Å². The molecule has 0 radical (unpaired) electrons. The van der Waals surface area contributed by atoms with E-state index in [9.17, 15) is 9.59 Å². The van der Waals surface area contributed by atoms with Crippen molar-refractivity contribution >= 4 is 49.4 Å². The summed E-state index contributed by atoms with van der Waals surface area (Å²) in [7, 11) is 0. The van der Waals surface area contributed by atoms with E-state index < -0.39 is 11.9 Å². The van der Waals surface area contributed by atoms with Crippen molar-refractivity contribution in [2.45, 2.75) is 13.5 Å². The van der Waals surface area contributed by atoms with E-state index in [1.807, 2.05) is 0 Å². The van der Waals surface area contributed by atoms with Crippen molar-refractivity contribution in [2.75, 3.05) is 6.61 Å². The molecule has 0 aliphatic heterocycles. The van der Waals surface area contributed by atoms with Crippen LogP contribution in [0.25, 0.3) is 10.2 Å². The molecule has 1 amide bonds. The number of hydrogen-bond acceptors (Lipinski definition) is 5. The zero-order valence-corrected chi connectivity index (χ0v) is 16.1. The smallest absolute Gasteiger partial charge is 0.338 e. The molecular weight excluding hydrogens is 420 g/mol. The average molecular weight is 433 g/mol. The lowest BCUT2D eigenvalue weighted by molar-refractivity contribution is 0.0526. The van der Waals surface area contributed by atoms with Gasteiger partial charge in [0, 0.05) is 0 Å². The first kappa shape index (κ1) is 18.2. The van der Waals surface area contributed by atoms with Crippen LogP contribution in [0.15, 0.2) is 44.4 Å². The average Bonchev–Trinajstić information content (AvgIpc) is 3.19. The van der Waals surface area contributed by atoms with Gasteiger partial charge >= 0.3 is 11.9 Å². The largest absolute Gasteiger partial charge is 0.462 e. The molecule has 2 heterocycles. The number of ether oxygens (including phenoxy) is 1. The van der Waals surface area contributed by atoms with E-state index in [0.717, 1.165) is 10.2 Å². The number of thiazole rings is 1. The van der Waals surface area contributed by atoms with E-state index >= 15 is 0 Å². The Morgan fingerprint density at radius 3 is 2.85 bits per heavy atom. The molecule has 0 unspecified atom stereocenters. The Morgan fingerprint density at radius 1 is 1.38 bits per heavy atom. The summed E-state index contributed by atoms with van der Waals surface area (Å²) in [6.45, 7) is 2.29. The fraction of sp³-hybridized carbons (Fsp3) is 0.167. The Labute approximate surface area is 161 Å². The Bertz CT molecular complexity index is 1100. The number of amides is 1. The van der Waals surface area contributed by atoms with Gasteiger partial charge in [0.05, 0.1) is 28.9 Å². The summed E-state index contributed by atoms with van der Waals surface area (Å²) in [5, 5.41) is 0. The third-order valence-electron chi connectivity index (χ3n) is 3.42. The summed E-state index contributed by atoms with van der Waals surface area (Å²) in [6, 6.07) is 8.29. The number of benzene rings is 1. The number of esters is 1. The van der Waals surface area contributed by atoms with Crippen molar-refractivity contribution in [1.82, 2.24) is 4.57 Å². The first-order valence-electron chi connectivity index (χ1n) is 7.62. The number of aromatic nitrogens is 1. The molecule has 132 valence electrons. The molecule has 0 aliphatic rings. The zero-order valence-electron chi connectivity index (χ0n) is 13.7. The SMILES string of the molecule is C#CCn1c(=NC(=O)c2ccc(Br)o2)sc2cc(C(=O)OCC)ccc21. The van der Waals surface area contributed by atoms with Crippen LogP contribution >= 0.6 is 27.3 Å². The highest BCUT2D eigenvalue weighted by molar-refractivity contribution is 9.10. The van der Waals surface area contributed by atoms with Gasteiger partial charge in [-0.15, -0.1) is 6.42 Å². The van der Waals surface area contributed by atoms with Crippen molar-refractivity contribution in [3.05, 3.63) is 51.1 Å². The molecule has 2 aromatic heterocycles. The minimum absolute atomic E-state index is 0.119. The van der Waals surface area contributed by atoms with Gasteiger partial charge in [-0.1, -0.05) is 17.3 Å². The molecule has 0 saturated carbocycles. The first-order chi connectivity index (χ1) is 12.5. The van der Waals surface area contributed by atoms with Crippen LogP contribution in [0, 0.1) is 12.3 Å². The predicted octanol–water partition coefficient (Wildman–Crippen LogP) is 3.61. The number of halogens is 1. The van der Waals surface area contributed by atoms with E-state index in [-0.39, 0.29) is 12.3 Å². The molecule has 0 saturated heterocycles. The first-order valence-corrected chi connectivity index (χ1v) is 9.22. The van der Waals surface area contributed by atoms with Crippen LogP contribution in [-0.2, 0) is 11.3 Å². The lowest BCUT2D eigenvalue weighted by Gasteiger charge is -2.03. The summed E-state index contributed by atoms with van der Waals surface area (Å²) >= 11 is 4.42. The number of nitrogens with zero attached hydrogens (tertiary/aromatic N) is 2. The maximum Gasteiger partial charge on any atom is 0.338 e. The van der Waals surface area contributed by atoms with Crippen molar-refractivity contribution < 1.29 is 18.7 Å². The monoisotopic (exact) mass is 432 g/mol. The molecule has 6 nitrogen and oxygen atoms in total. The quantitative estimate of drug-likeness (QED) is 0.466. The lowest BCUT2D eigenvalue weighted by Crippen LogP contribution is -2.16. The van der Waals surface area contributed by atoms with Crippen LogP contribution in [0.2, 0.25) is 0 Å². The molecule has 0 bridgehead atoms. The Balaban J connectivity index is 2.10. The summed E-state index contributed by atoms with van der Waals surface area (Å²) < 4.78 is 13.2. The van der Waals surface area contributed by atoms with Crippen LogP contribution in [0.5, 0.6) is 0 Å². The van der Waals surface area contributed by atoms with E-state index in [4.69, 9.17) is 15.6 Å². The second-order valence-corrected chi connectivity index (χ2v) is 6.89. The Hall–Kier alpha value is -2.63. The molecule has 8 heteroatoms. The maximum atomic E-state index is 12.3. The highest BCUT2D eigenvalue weighted by Crippen LogP contribution is 2.20. The highest BCUT2D eigenvalue weighted by atomic mass is 79.9. The number of carbonyl (C=O) groups excluding carboxylic acids is 2. The number of fused-ring (bicyclic) bond motifs is 1. The van der Waals surface area contributed by atoms with Gasteiger partial charge in [0.25, 0.3) is 0 Å². The van der Waals surface area contributed by atoms with E-state index in [1.54, 1.807) is 35.8 Å². The van der Waals surface area contributed by atoms with Crippen LogP contribution in [0.3, 0.4) is 0 Å². The van der Waals surface area contributed by atoms with Crippen LogP contribution in [0.4, 0.5) is 0 Å². The topological polar surface area (TPSA) is 73.8 Å². The molecule has 1 aromatic carbocycles. The van der Waals surface area contributed by atoms with Gasteiger partial charge in [-0.2, -0.15) is 4.99 Å². The van der Waals surface area contributed by atoms with Gasteiger partial charge in [0.15, 0.2) is 15.2 Å². The van der Waals surface area contributed by atoms with Crippen molar-refractivity contribution in [1.29, 1.82) is 0 Å². The molecule has 3 rings (SSSR count). The standard InChI is InChI=1S/C18H13BrN2O4S/c1-3-9-21-12-6-5-11(17(23)24-4-2)10-14(12)26-18(21)20-16(22)13-7-8-15(19)25-13/h1,5-8,10H,4,9H2,2H3. The summed E-state index contributed by atoms with van der Waals surface area (Å²) in [4.78, 5) is 28.8. The van der Waals surface area contributed by atoms with E-state index in [1.165, 1.54) is 17.4 Å². The van der Waals surface area contributed by atoms with Gasteiger partial charge in [0.1, 0.15) is 0 Å². The van der Waals surface area contributed by atoms with Gasteiger partial charge in [-0.3, -0.25) is 4.79 Å². The molecule has 0 atom stereocenters. The second kappa shape index (κ2) is 7.72. The summed E-state index contributed by atoms with van der Waals surface area (Å²) in [5.41, 5.74) is 1.22. The zero-order chi connectivity index (χ0) is 18.7. The molecular formula is C18H13BrN2O4S. The number of furan rings is 1. The summed E-state index contributed by atoms with van der Waals surface area (Å²) in [6.07, 6.45) is 5.45. The van der Waals surface area contributed by atoms with Crippen LogP contribution < -0.4 is 4.80 Å². The number of terminal acetylenes is 1. The Morgan fingerprint density at radius 2 is 2.19 bits per heavy atom. The third kappa shape index (κ3) is 3.64. The molecule has 0 N–H and O–H groups in total. The highest BCUT2D eigenvalue weighted by Gasteiger charge is 2.14. The van der Waals surface area contributed by atoms with E-state index in [0.29, 0.717) is 21.6 Å². The molecule has 0 fully saturated rings. The fourth-order valence-corrected chi connectivity index (χ4v) is 3.69. The number of carbonyl (C=O) groups is 2. The summed E-state index contributed by atoms with van der Waals surface area (Å²) in [5.74, 6) is 1.76. The fourth-order valence-electron chi connectivity index (χ4n) is 2.32. The predicted molar refractivity (Wildman–Crippen MR) is 101 cm³/mol. The molecule has 3 aromatic rings. The molecule has 0 spiro atoms. The van der Waals surface area contributed by atoms with Gasteiger partial charge in [-0.25, -0.2) is 4.79 Å². The van der Waals surface area contributed by atoms with Crippen molar-refractivity contribution in [3.63, 3.8) is 0 Å². The number of hydrogen-bond donors (Lipinski definition) is 0. The second-order valence-electron chi connectivity index (χ2n) is 5.10. The molecule has 26 heavy (non-hydrogen) atoms. The lowest BCUT2D eigenvalue weighted by atomic mass is 10.2. The Kier molecular flexibility index (Phi) is 5.40. The van der Waals surface area contributed by atoms with Crippen LogP contribution in [0.1, 0.15) is 27.8 Å². The minimum Gasteiger partial charge on any atom is -0.462 e. The molecule has 0 aliphatic carbocycles. The van der Waals surface area contributed by atoms with Gasteiger partial charge < -0.3 is 13.7 Å². The van der Waals surface area contributed by atoms with E-state index in [2.05, 4.69) is 26.8 Å². The van der Waals surface area contributed by atoms with Crippen molar-refractivity contribution in [2.24, 2.45) is 4.99 Å². The minimum atomic E-state index is -0.515. The normalized spacial score (nSPS) is 11.5.